The second-order valence-electron chi connectivity index (χ2n) is 7.59. The van der Waals surface area contributed by atoms with Gasteiger partial charge in [-0.25, -0.2) is 4.39 Å². The first kappa shape index (κ1) is 20.2. The van der Waals surface area contributed by atoms with Gasteiger partial charge in [0.15, 0.2) is 5.60 Å². The molecule has 0 aliphatic heterocycles. The lowest BCUT2D eigenvalue weighted by molar-refractivity contribution is -0.272. The summed E-state index contributed by atoms with van der Waals surface area (Å²) < 4.78 is 56.2. The van der Waals surface area contributed by atoms with Gasteiger partial charge in [0.25, 0.3) is 0 Å². The molecule has 0 radical (unpaired) electrons. The molecule has 1 heterocycles. The van der Waals surface area contributed by atoms with Crippen molar-refractivity contribution in [2.45, 2.75) is 37.1 Å². The number of halogens is 4. The SMILES string of the molecule is CC1C[C@](O)(C(F)(F)F)[C@@H](Nc2ccc(F)c3[nH]c(=O)ccc23)c2cccc(O)c21. The Bertz CT molecular complexity index is 1190. The molecule has 3 aromatic rings. The number of aromatic hydroxyl groups is 1. The summed E-state index contributed by atoms with van der Waals surface area (Å²) in [4.78, 5) is 13.9. The van der Waals surface area contributed by atoms with Crippen LogP contribution in [0.3, 0.4) is 0 Å². The fraction of sp³-hybridized carbons (Fsp3) is 0.286. The van der Waals surface area contributed by atoms with Gasteiger partial charge in [-0.2, -0.15) is 13.2 Å². The molecule has 1 aliphatic rings. The van der Waals surface area contributed by atoms with Gasteiger partial charge >= 0.3 is 6.18 Å². The molecule has 0 bridgehead atoms. The molecule has 1 aromatic heterocycles. The van der Waals surface area contributed by atoms with E-state index in [0.29, 0.717) is 5.56 Å². The number of alkyl halides is 3. The van der Waals surface area contributed by atoms with E-state index in [1.165, 1.54) is 37.3 Å². The summed E-state index contributed by atoms with van der Waals surface area (Å²) >= 11 is 0. The second kappa shape index (κ2) is 6.73. The molecule has 4 rings (SSSR count). The monoisotopic (exact) mass is 422 g/mol. The summed E-state index contributed by atoms with van der Waals surface area (Å²) in [5.74, 6) is -1.66. The molecule has 30 heavy (non-hydrogen) atoms. The van der Waals surface area contributed by atoms with Gasteiger partial charge in [-0.15, -0.1) is 0 Å². The van der Waals surface area contributed by atoms with Gasteiger partial charge in [-0.3, -0.25) is 4.79 Å². The Morgan fingerprint density at radius 1 is 1.17 bits per heavy atom. The maximum absolute atomic E-state index is 14.1. The standard InChI is InChI=1S/C21H18F4N2O3/c1-10-9-20(30,21(23,24)25)19(12-3-2-4-15(28)17(10)12)26-14-7-6-13(22)18-11(14)5-8-16(29)27-18/h2-8,10,19,26,28,30H,9H2,1H3,(H,27,29)/t10?,19-,20+/m0/s1. The molecule has 2 aromatic carbocycles. The van der Waals surface area contributed by atoms with Crippen molar-refractivity contribution >= 4 is 16.6 Å². The van der Waals surface area contributed by atoms with E-state index in [0.717, 1.165) is 12.1 Å². The van der Waals surface area contributed by atoms with Crippen molar-refractivity contribution in [1.82, 2.24) is 4.98 Å². The van der Waals surface area contributed by atoms with Crippen LogP contribution in [-0.2, 0) is 0 Å². The highest BCUT2D eigenvalue weighted by molar-refractivity contribution is 5.91. The number of benzene rings is 2. The Balaban J connectivity index is 1.93. The van der Waals surface area contributed by atoms with Crippen molar-refractivity contribution < 1.29 is 27.8 Å². The molecule has 3 atom stereocenters. The summed E-state index contributed by atoms with van der Waals surface area (Å²) in [5.41, 5.74) is -3.37. The molecule has 0 saturated heterocycles. The lowest BCUT2D eigenvalue weighted by Crippen LogP contribution is -2.55. The van der Waals surface area contributed by atoms with Crippen LogP contribution in [0.25, 0.3) is 10.9 Å². The second-order valence-corrected chi connectivity index (χ2v) is 7.59. The van der Waals surface area contributed by atoms with E-state index in [1.807, 2.05) is 0 Å². The maximum Gasteiger partial charge on any atom is 0.419 e. The molecule has 158 valence electrons. The molecular weight excluding hydrogens is 404 g/mol. The first-order valence-electron chi connectivity index (χ1n) is 9.22. The first-order valence-corrected chi connectivity index (χ1v) is 9.22. The minimum absolute atomic E-state index is 0.0930. The number of aromatic nitrogens is 1. The van der Waals surface area contributed by atoms with Crippen molar-refractivity contribution in [2.24, 2.45) is 0 Å². The van der Waals surface area contributed by atoms with Gasteiger partial charge in [0, 0.05) is 22.7 Å². The number of fused-ring (bicyclic) bond motifs is 2. The molecule has 1 unspecified atom stereocenters. The van der Waals surface area contributed by atoms with E-state index < -0.39 is 41.5 Å². The summed E-state index contributed by atoms with van der Waals surface area (Å²) in [7, 11) is 0. The molecule has 0 spiro atoms. The zero-order valence-corrected chi connectivity index (χ0v) is 15.7. The summed E-state index contributed by atoms with van der Waals surface area (Å²) in [6.45, 7) is 1.50. The molecule has 0 fully saturated rings. The number of aromatic amines is 1. The van der Waals surface area contributed by atoms with Crippen LogP contribution >= 0.6 is 0 Å². The van der Waals surface area contributed by atoms with E-state index in [9.17, 15) is 32.6 Å². The van der Waals surface area contributed by atoms with E-state index >= 15 is 0 Å². The van der Waals surface area contributed by atoms with Crippen molar-refractivity contribution in [2.75, 3.05) is 5.32 Å². The van der Waals surface area contributed by atoms with Crippen LogP contribution in [0.1, 0.15) is 36.4 Å². The van der Waals surface area contributed by atoms with E-state index in [1.54, 1.807) is 0 Å². The molecule has 1 aliphatic carbocycles. The molecule has 4 N–H and O–H groups in total. The number of hydrogen-bond acceptors (Lipinski definition) is 4. The fourth-order valence-corrected chi connectivity index (χ4v) is 4.28. The number of anilines is 1. The predicted molar refractivity (Wildman–Crippen MR) is 103 cm³/mol. The van der Waals surface area contributed by atoms with Crippen molar-refractivity contribution in [1.29, 1.82) is 0 Å². The first-order chi connectivity index (χ1) is 14.0. The third kappa shape index (κ3) is 3.00. The average Bonchev–Trinajstić information content (AvgIpc) is 2.66. The fourth-order valence-electron chi connectivity index (χ4n) is 4.28. The van der Waals surface area contributed by atoms with Crippen molar-refractivity contribution in [3.63, 3.8) is 0 Å². The van der Waals surface area contributed by atoms with Crippen LogP contribution in [0.2, 0.25) is 0 Å². The van der Waals surface area contributed by atoms with Gasteiger partial charge < -0.3 is 20.5 Å². The molecule has 0 amide bonds. The Hall–Kier alpha value is -3.07. The molecule has 0 saturated carbocycles. The number of pyridine rings is 1. The Kier molecular flexibility index (Phi) is 4.54. The van der Waals surface area contributed by atoms with E-state index in [4.69, 9.17) is 0 Å². The van der Waals surface area contributed by atoms with Gasteiger partial charge in [-0.05, 0) is 42.2 Å². The minimum Gasteiger partial charge on any atom is -0.508 e. The van der Waals surface area contributed by atoms with Crippen LogP contribution in [0.15, 0.2) is 47.3 Å². The summed E-state index contributed by atoms with van der Waals surface area (Å²) in [5, 5.41) is 23.9. The minimum atomic E-state index is -4.98. The van der Waals surface area contributed by atoms with Gasteiger partial charge in [0.1, 0.15) is 11.6 Å². The topological polar surface area (TPSA) is 85.4 Å². The highest BCUT2D eigenvalue weighted by Crippen LogP contribution is 2.54. The maximum atomic E-state index is 14.1. The summed E-state index contributed by atoms with van der Waals surface area (Å²) in [6, 6.07) is 7.20. The highest BCUT2D eigenvalue weighted by atomic mass is 19.4. The Morgan fingerprint density at radius 2 is 1.90 bits per heavy atom. The van der Waals surface area contributed by atoms with Gasteiger partial charge in [0.2, 0.25) is 5.56 Å². The lowest BCUT2D eigenvalue weighted by Gasteiger charge is -2.45. The van der Waals surface area contributed by atoms with E-state index in [2.05, 4.69) is 10.3 Å². The number of rotatable bonds is 2. The van der Waals surface area contributed by atoms with Gasteiger partial charge in [-0.1, -0.05) is 19.1 Å². The number of H-pyrrole nitrogens is 1. The van der Waals surface area contributed by atoms with Gasteiger partial charge in [0.05, 0.1) is 11.6 Å². The van der Waals surface area contributed by atoms with Crippen LogP contribution < -0.4 is 10.9 Å². The number of nitrogens with one attached hydrogen (secondary N) is 2. The largest absolute Gasteiger partial charge is 0.508 e. The van der Waals surface area contributed by atoms with E-state index in [-0.39, 0.29) is 27.9 Å². The third-order valence-electron chi connectivity index (χ3n) is 5.65. The van der Waals surface area contributed by atoms with Crippen LogP contribution in [0.4, 0.5) is 23.2 Å². The van der Waals surface area contributed by atoms with Crippen LogP contribution in [0, 0.1) is 5.82 Å². The van der Waals surface area contributed by atoms with Crippen molar-refractivity contribution in [3.8, 4) is 5.75 Å². The lowest BCUT2D eigenvalue weighted by atomic mass is 9.70. The predicted octanol–water partition coefficient (Wildman–Crippen LogP) is 4.33. The van der Waals surface area contributed by atoms with Crippen LogP contribution in [-0.4, -0.2) is 27.0 Å². The number of phenolic OH excluding ortho intramolecular Hbond substituents is 1. The number of aliphatic hydroxyl groups is 1. The quantitative estimate of drug-likeness (QED) is 0.463. The summed E-state index contributed by atoms with van der Waals surface area (Å²) in [6.07, 6.45) is -5.65. The van der Waals surface area contributed by atoms with Crippen molar-refractivity contribution in [3.05, 3.63) is 69.8 Å². The number of phenols is 1. The highest BCUT2D eigenvalue weighted by Gasteiger charge is 2.62. The van der Waals surface area contributed by atoms with Crippen LogP contribution in [0.5, 0.6) is 5.75 Å². The molecular formula is C21H18F4N2O3. The normalized spacial score (nSPS) is 23.9. The smallest absolute Gasteiger partial charge is 0.419 e. The third-order valence-corrected chi connectivity index (χ3v) is 5.65. The zero-order valence-electron chi connectivity index (χ0n) is 15.7. The Morgan fingerprint density at radius 3 is 2.60 bits per heavy atom. The zero-order chi connectivity index (χ0) is 21.8. The molecule has 5 nitrogen and oxygen atoms in total. The number of hydrogen-bond donors (Lipinski definition) is 4. The molecule has 9 heteroatoms. The average molecular weight is 422 g/mol. The Labute approximate surface area is 168 Å².